The van der Waals surface area contributed by atoms with Gasteiger partial charge in [-0.15, -0.1) is 0 Å². The van der Waals surface area contributed by atoms with Crippen LogP contribution in [0.5, 0.6) is 0 Å². The number of carbonyl (C=O) groups is 2. The van der Waals surface area contributed by atoms with Crippen LogP contribution in [0.15, 0.2) is 36.7 Å². The number of benzene rings is 1. The van der Waals surface area contributed by atoms with Crippen LogP contribution in [0.1, 0.15) is 24.4 Å². The van der Waals surface area contributed by atoms with Gasteiger partial charge in [-0.25, -0.2) is 14.6 Å². The Morgan fingerprint density at radius 1 is 1.10 bits per heavy atom. The van der Waals surface area contributed by atoms with E-state index >= 15 is 0 Å². The van der Waals surface area contributed by atoms with Crippen molar-refractivity contribution < 1.29 is 33.0 Å². The third-order valence-electron chi connectivity index (χ3n) is 5.25. The Bertz CT molecular complexity index is 914. The molecule has 156 valence electrons. The number of hydrogen-bond acceptors (Lipinski definition) is 4. The number of carboxylic acid groups (broad SMARTS) is 2. The summed E-state index contributed by atoms with van der Waals surface area (Å²) in [6, 6.07) is 4.20. The molecule has 1 atom stereocenters. The molecule has 2 N–H and O–H groups in total. The summed E-state index contributed by atoms with van der Waals surface area (Å²) in [7, 11) is 0. The van der Waals surface area contributed by atoms with Crippen molar-refractivity contribution in [2.24, 2.45) is 5.92 Å². The van der Waals surface area contributed by atoms with Crippen molar-refractivity contribution in [1.82, 2.24) is 14.5 Å². The second-order valence-electron chi connectivity index (χ2n) is 7.07. The second-order valence-corrected chi connectivity index (χ2v) is 7.07. The van der Waals surface area contributed by atoms with Crippen LogP contribution in [-0.4, -0.2) is 56.2 Å². The van der Waals surface area contributed by atoms with Gasteiger partial charge in [0.1, 0.15) is 0 Å². The smallest absolute Gasteiger partial charge is 0.416 e. The van der Waals surface area contributed by atoms with Gasteiger partial charge in [-0.1, -0.05) is 0 Å². The molecule has 4 heterocycles. The molecule has 0 amide bonds. The largest absolute Gasteiger partial charge is 0.478 e. The van der Waals surface area contributed by atoms with Gasteiger partial charge in [0.15, 0.2) is 0 Å². The summed E-state index contributed by atoms with van der Waals surface area (Å²) in [4.78, 5) is 25.7. The SMILES string of the molecule is FC(F)(F)c1ccc2c(c1)ncn2C1CN2CCC1CC2.O=C(O)/C=C/C(=O)O. The van der Waals surface area contributed by atoms with Gasteiger partial charge in [0.25, 0.3) is 0 Å². The van der Waals surface area contributed by atoms with E-state index in [2.05, 4.69) is 14.5 Å². The van der Waals surface area contributed by atoms with Gasteiger partial charge >= 0.3 is 18.1 Å². The molecule has 7 nitrogen and oxygen atoms in total. The lowest BCUT2D eigenvalue weighted by Crippen LogP contribution is -2.47. The Kier molecular flexibility index (Phi) is 5.92. The number of alkyl halides is 3. The number of fused-ring (bicyclic) bond motifs is 4. The normalized spacial score (nSPS) is 23.8. The molecule has 1 aromatic carbocycles. The van der Waals surface area contributed by atoms with Gasteiger partial charge in [-0.3, -0.25) is 0 Å². The first kappa shape index (κ1) is 20.8. The van der Waals surface area contributed by atoms with Gasteiger partial charge in [0.05, 0.1) is 29.0 Å². The maximum Gasteiger partial charge on any atom is 0.416 e. The van der Waals surface area contributed by atoms with Crippen LogP contribution >= 0.6 is 0 Å². The van der Waals surface area contributed by atoms with Gasteiger partial charge < -0.3 is 19.7 Å². The minimum atomic E-state index is -4.31. The zero-order valence-corrected chi connectivity index (χ0v) is 15.3. The molecule has 1 aromatic heterocycles. The Morgan fingerprint density at radius 2 is 1.72 bits per heavy atom. The van der Waals surface area contributed by atoms with Crippen molar-refractivity contribution in [2.75, 3.05) is 19.6 Å². The molecule has 0 saturated carbocycles. The van der Waals surface area contributed by atoms with Gasteiger partial charge in [-0.05, 0) is 50.0 Å². The lowest BCUT2D eigenvalue weighted by Gasteiger charge is -2.45. The van der Waals surface area contributed by atoms with Crippen molar-refractivity contribution in [3.8, 4) is 0 Å². The Balaban J connectivity index is 0.000000258. The van der Waals surface area contributed by atoms with Crippen molar-refractivity contribution in [2.45, 2.75) is 25.1 Å². The highest BCUT2D eigenvalue weighted by molar-refractivity contribution is 5.89. The molecule has 0 radical (unpaired) electrons. The van der Waals surface area contributed by atoms with Crippen molar-refractivity contribution in [1.29, 1.82) is 0 Å². The molecule has 10 heteroatoms. The fourth-order valence-electron chi connectivity index (χ4n) is 3.86. The number of halogens is 3. The van der Waals surface area contributed by atoms with E-state index in [1.54, 1.807) is 12.4 Å². The summed E-state index contributed by atoms with van der Waals surface area (Å²) in [5.74, 6) is -1.89. The summed E-state index contributed by atoms with van der Waals surface area (Å²) >= 11 is 0. The molecular formula is C19H20F3N3O4. The number of rotatable bonds is 3. The van der Waals surface area contributed by atoms with Crippen LogP contribution in [-0.2, 0) is 15.8 Å². The fraction of sp³-hybridized carbons (Fsp3) is 0.421. The van der Waals surface area contributed by atoms with E-state index in [9.17, 15) is 22.8 Å². The molecule has 3 fully saturated rings. The monoisotopic (exact) mass is 411 g/mol. The number of piperidine rings is 3. The second kappa shape index (κ2) is 8.24. The van der Waals surface area contributed by atoms with Gasteiger partial charge in [0, 0.05) is 18.7 Å². The van der Waals surface area contributed by atoms with Crippen LogP contribution in [0.25, 0.3) is 11.0 Å². The Morgan fingerprint density at radius 3 is 2.21 bits per heavy atom. The topological polar surface area (TPSA) is 95.7 Å². The van der Waals surface area contributed by atoms with E-state index < -0.39 is 23.7 Å². The number of imidazole rings is 1. The summed E-state index contributed by atoms with van der Waals surface area (Å²) in [5, 5.41) is 15.6. The summed E-state index contributed by atoms with van der Waals surface area (Å²) in [5.41, 5.74) is 0.609. The third kappa shape index (κ3) is 4.94. The molecular weight excluding hydrogens is 391 g/mol. The molecule has 2 bridgehead atoms. The predicted octanol–water partition coefficient (Wildman–Crippen LogP) is 3.03. The van der Waals surface area contributed by atoms with E-state index in [4.69, 9.17) is 10.2 Å². The molecule has 29 heavy (non-hydrogen) atoms. The van der Waals surface area contributed by atoms with Crippen molar-refractivity contribution in [3.63, 3.8) is 0 Å². The third-order valence-corrected chi connectivity index (χ3v) is 5.25. The van der Waals surface area contributed by atoms with Crippen LogP contribution in [0.3, 0.4) is 0 Å². The van der Waals surface area contributed by atoms with Crippen LogP contribution < -0.4 is 0 Å². The fourth-order valence-corrected chi connectivity index (χ4v) is 3.86. The molecule has 3 aliphatic rings. The van der Waals surface area contributed by atoms with E-state index in [-0.39, 0.29) is 0 Å². The van der Waals surface area contributed by atoms with Crippen LogP contribution in [0.2, 0.25) is 0 Å². The zero-order valence-electron chi connectivity index (χ0n) is 15.3. The number of hydrogen-bond donors (Lipinski definition) is 2. The number of aliphatic carboxylic acids is 2. The Hall–Kier alpha value is -2.88. The maximum atomic E-state index is 12.8. The lowest BCUT2D eigenvalue weighted by molar-refractivity contribution is -0.137. The van der Waals surface area contributed by atoms with Crippen LogP contribution in [0.4, 0.5) is 13.2 Å². The molecule has 5 rings (SSSR count). The van der Waals surface area contributed by atoms with E-state index in [0.717, 1.165) is 37.3 Å². The number of carboxylic acids is 2. The first-order valence-corrected chi connectivity index (χ1v) is 9.05. The van der Waals surface area contributed by atoms with Gasteiger partial charge in [-0.2, -0.15) is 13.2 Å². The molecule has 1 unspecified atom stereocenters. The number of aromatic nitrogens is 2. The first-order valence-electron chi connectivity index (χ1n) is 9.05. The quantitative estimate of drug-likeness (QED) is 0.754. The molecule has 3 aliphatic heterocycles. The van der Waals surface area contributed by atoms with Gasteiger partial charge in [0.2, 0.25) is 0 Å². The molecule has 3 saturated heterocycles. The van der Waals surface area contributed by atoms with E-state index in [1.165, 1.54) is 12.8 Å². The lowest BCUT2D eigenvalue weighted by atomic mass is 9.84. The highest BCUT2D eigenvalue weighted by Crippen LogP contribution is 2.38. The minimum Gasteiger partial charge on any atom is -0.478 e. The molecule has 0 aliphatic carbocycles. The average molecular weight is 411 g/mol. The van der Waals surface area contributed by atoms with Crippen molar-refractivity contribution in [3.05, 3.63) is 42.2 Å². The summed E-state index contributed by atoms with van der Waals surface area (Å²) in [6.45, 7) is 3.27. The van der Waals surface area contributed by atoms with E-state index in [0.29, 0.717) is 29.6 Å². The molecule has 2 aromatic rings. The average Bonchev–Trinajstić information content (AvgIpc) is 3.10. The summed E-state index contributed by atoms with van der Waals surface area (Å²) < 4.78 is 40.4. The molecule has 0 spiro atoms. The highest BCUT2D eigenvalue weighted by Gasteiger charge is 2.36. The van der Waals surface area contributed by atoms with E-state index in [1.807, 2.05) is 0 Å². The Labute approximate surface area is 164 Å². The first-order chi connectivity index (χ1) is 13.6. The summed E-state index contributed by atoms with van der Waals surface area (Å²) in [6.07, 6.45) is 0.853. The minimum absolute atomic E-state index is 0.342. The predicted molar refractivity (Wildman–Crippen MR) is 97.3 cm³/mol. The van der Waals surface area contributed by atoms with Crippen molar-refractivity contribution >= 4 is 23.0 Å². The number of nitrogens with zero attached hydrogens (tertiary/aromatic N) is 3. The van der Waals surface area contributed by atoms with Crippen LogP contribution in [0, 0.1) is 5.92 Å². The maximum absolute atomic E-state index is 12.8. The zero-order chi connectivity index (χ0) is 21.2. The highest BCUT2D eigenvalue weighted by atomic mass is 19.4. The standard InChI is InChI=1S/C15H16F3N3.C4H4O4/c16-15(17,18)11-1-2-13-12(7-11)19-9-21(13)14-8-20-5-3-10(14)4-6-20;5-3(6)1-2-4(7)8/h1-2,7,9-10,14H,3-6,8H2;1-2H,(H,5,6)(H,7,8)/b;2-1+.